The lowest BCUT2D eigenvalue weighted by Crippen LogP contribution is -2.49. The first-order valence-electron chi connectivity index (χ1n) is 10.6. The van der Waals surface area contributed by atoms with Crippen molar-refractivity contribution >= 4 is 29.4 Å². The maximum absolute atomic E-state index is 13.5. The van der Waals surface area contributed by atoms with E-state index in [1.807, 2.05) is 20.8 Å². The van der Waals surface area contributed by atoms with Crippen molar-refractivity contribution < 1.29 is 23.1 Å². The van der Waals surface area contributed by atoms with Crippen molar-refractivity contribution in [1.29, 1.82) is 0 Å². The van der Waals surface area contributed by atoms with Gasteiger partial charge in [0.2, 0.25) is 0 Å². The average molecular weight is 497 g/mol. The molecule has 1 aliphatic rings. The van der Waals surface area contributed by atoms with E-state index in [9.17, 15) is 18.4 Å². The molecule has 1 fully saturated rings. The first-order chi connectivity index (χ1) is 15.4. The molecule has 3 rings (SSSR count). The van der Waals surface area contributed by atoms with Crippen LogP contribution >= 0.6 is 11.6 Å². The number of carbonyl (C=O) groups is 2. The van der Waals surface area contributed by atoms with Crippen LogP contribution in [0.1, 0.15) is 41.0 Å². The quantitative estimate of drug-likeness (QED) is 0.550. The Balaban J connectivity index is 0.00000408. The van der Waals surface area contributed by atoms with Crippen molar-refractivity contribution in [3.63, 3.8) is 0 Å². The predicted molar refractivity (Wildman–Crippen MR) is 129 cm³/mol. The van der Waals surface area contributed by atoms with Crippen molar-refractivity contribution in [1.82, 2.24) is 14.8 Å². The monoisotopic (exact) mass is 496 g/mol. The number of nitrogens with zero attached hydrogens (tertiary/aromatic N) is 3. The van der Waals surface area contributed by atoms with Crippen LogP contribution in [0, 0.1) is 11.6 Å². The SMILES string of the molecule is C.CN(C(=O)Nc1cnc(-c2cc(F)cc(F)c2)c(Cl)c1)C1CCN(C(=O)OC(C)(C)C)CC1. The van der Waals surface area contributed by atoms with Crippen LogP contribution in [0.2, 0.25) is 5.02 Å². The molecule has 186 valence electrons. The number of nitrogens with one attached hydrogen (secondary N) is 1. The molecular formula is C24H31ClF2N4O3. The smallest absolute Gasteiger partial charge is 0.410 e. The van der Waals surface area contributed by atoms with Crippen LogP contribution in [-0.4, -0.2) is 58.7 Å². The first-order valence-corrected chi connectivity index (χ1v) is 10.9. The summed E-state index contributed by atoms with van der Waals surface area (Å²) in [4.78, 5) is 32.3. The normalized spacial score (nSPS) is 14.3. The lowest BCUT2D eigenvalue weighted by atomic mass is 10.0. The first kappa shape index (κ1) is 27.3. The van der Waals surface area contributed by atoms with Gasteiger partial charge in [0, 0.05) is 37.8 Å². The summed E-state index contributed by atoms with van der Waals surface area (Å²) in [7, 11) is 1.68. The van der Waals surface area contributed by atoms with E-state index in [0.29, 0.717) is 31.6 Å². The number of anilines is 1. The molecule has 3 amide bonds. The molecule has 0 bridgehead atoms. The Morgan fingerprint density at radius 3 is 2.26 bits per heavy atom. The largest absolute Gasteiger partial charge is 0.444 e. The fourth-order valence-corrected chi connectivity index (χ4v) is 3.82. The molecule has 2 aromatic rings. The zero-order chi connectivity index (χ0) is 24.3. The van der Waals surface area contributed by atoms with Gasteiger partial charge in [0.05, 0.1) is 22.6 Å². The van der Waals surface area contributed by atoms with E-state index >= 15 is 0 Å². The molecule has 7 nitrogen and oxygen atoms in total. The van der Waals surface area contributed by atoms with Gasteiger partial charge in [0.15, 0.2) is 0 Å². The number of hydrogen-bond donors (Lipinski definition) is 1. The van der Waals surface area contributed by atoms with E-state index in [4.69, 9.17) is 16.3 Å². The van der Waals surface area contributed by atoms with Gasteiger partial charge < -0.3 is 19.9 Å². The highest BCUT2D eigenvalue weighted by atomic mass is 35.5. The summed E-state index contributed by atoms with van der Waals surface area (Å²) in [6.45, 7) is 6.44. The van der Waals surface area contributed by atoms with Crippen LogP contribution in [-0.2, 0) is 4.74 Å². The third kappa shape index (κ3) is 7.03. The molecule has 0 spiro atoms. The van der Waals surface area contributed by atoms with Crippen molar-refractivity contribution in [2.24, 2.45) is 0 Å². The number of halogens is 3. The zero-order valence-corrected chi connectivity index (χ0v) is 19.7. The zero-order valence-electron chi connectivity index (χ0n) is 19.0. The van der Waals surface area contributed by atoms with E-state index in [0.717, 1.165) is 18.2 Å². The second-order valence-electron chi connectivity index (χ2n) is 8.95. The minimum atomic E-state index is -0.736. The molecule has 0 atom stereocenters. The number of piperidine rings is 1. The van der Waals surface area contributed by atoms with E-state index in [-0.39, 0.29) is 41.9 Å². The minimum Gasteiger partial charge on any atom is -0.444 e. The lowest BCUT2D eigenvalue weighted by molar-refractivity contribution is 0.0174. The number of carbonyl (C=O) groups excluding carboxylic acids is 2. The van der Waals surface area contributed by atoms with Crippen LogP contribution in [0.25, 0.3) is 11.3 Å². The molecular weight excluding hydrogens is 466 g/mol. The predicted octanol–water partition coefficient (Wildman–Crippen LogP) is 6.18. The molecule has 1 saturated heterocycles. The van der Waals surface area contributed by atoms with Gasteiger partial charge in [-0.25, -0.2) is 18.4 Å². The summed E-state index contributed by atoms with van der Waals surface area (Å²) in [5.74, 6) is -1.47. The topological polar surface area (TPSA) is 74.8 Å². The molecule has 1 N–H and O–H groups in total. The molecule has 0 unspecified atom stereocenters. The summed E-state index contributed by atoms with van der Waals surface area (Å²) in [5.41, 5.74) is 0.196. The van der Waals surface area contributed by atoms with Crippen molar-refractivity contribution in [2.75, 3.05) is 25.5 Å². The third-order valence-corrected chi connectivity index (χ3v) is 5.50. The van der Waals surface area contributed by atoms with Crippen LogP contribution in [0.15, 0.2) is 30.5 Å². The van der Waals surface area contributed by atoms with E-state index in [1.54, 1.807) is 16.8 Å². The maximum atomic E-state index is 13.5. The van der Waals surface area contributed by atoms with E-state index < -0.39 is 17.2 Å². The summed E-state index contributed by atoms with van der Waals surface area (Å²) < 4.78 is 32.4. The Kier molecular flexibility index (Phi) is 8.83. The highest BCUT2D eigenvalue weighted by Crippen LogP contribution is 2.29. The van der Waals surface area contributed by atoms with Gasteiger partial charge in [-0.2, -0.15) is 0 Å². The molecule has 1 aromatic heterocycles. The average Bonchev–Trinajstić information content (AvgIpc) is 2.71. The van der Waals surface area contributed by atoms with Crippen molar-refractivity contribution in [2.45, 2.75) is 52.7 Å². The van der Waals surface area contributed by atoms with Gasteiger partial charge >= 0.3 is 12.1 Å². The highest BCUT2D eigenvalue weighted by molar-refractivity contribution is 6.33. The fraction of sp³-hybridized carbons (Fsp3) is 0.458. The van der Waals surface area contributed by atoms with Crippen LogP contribution in [0.4, 0.5) is 24.1 Å². The number of benzene rings is 1. The number of likely N-dealkylation sites (tertiary alicyclic amines) is 1. The van der Waals surface area contributed by atoms with Gasteiger partial charge in [0.25, 0.3) is 0 Å². The number of amides is 3. The number of aromatic nitrogens is 1. The molecule has 34 heavy (non-hydrogen) atoms. The van der Waals surface area contributed by atoms with Gasteiger partial charge in [0.1, 0.15) is 17.2 Å². The molecule has 1 aromatic carbocycles. The fourth-order valence-electron chi connectivity index (χ4n) is 3.55. The molecule has 0 saturated carbocycles. The van der Waals surface area contributed by atoms with Gasteiger partial charge in [-0.05, 0) is 51.8 Å². The number of rotatable bonds is 3. The lowest BCUT2D eigenvalue weighted by Gasteiger charge is -2.37. The molecule has 0 aliphatic carbocycles. The number of hydrogen-bond acceptors (Lipinski definition) is 4. The summed E-state index contributed by atoms with van der Waals surface area (Å²) >= 11 is 6.25. The number of ether oxygens (including phenoxy) is 1. The Morgan fingerprint density at radius 2 is 1.74 bits per heavy atom. The maximum Gasteiger partial charge on any atom is 0.410 e. The minimum absolute atomic E-state index is 0. The Bertz CT molecular complexity index is 1020. The molecule has 2 heterocycles. The summed E-state index contributed by atoms with van der Waals surface area (Å²) in [6, 6.07) is 4.10. The van der Waals surface area contributed by atoms with E-state index in [1.165, 1.54) is 12.3 Å². The summed E-state index contributed by atoms with van der Waals surface area (Å²) in [6.07, 6.45) is 2.26. The van der Waals surface area contributed by atoms with Crippen LogP contribution < -0.4 is 5.32 Å². The number of urea groups is 1. The van der Waals surface area contributed by atoms with Crippen LogP contribution in [0.5, 0.6) is 0 Å². The molecule has 0 radical (unpaired) electrons. The van der Waals surface area contributed by atoms with Gasteiger partial charge in [-0.3, -0.25) is 4.98 Å². The van der Waals surface area contributed by atoms with E-state index in [2.05, 4.69) is 10.3 Å². The second kappa shape index (κ2) is 11.0. The Hall–Kier alpha value is -2.94. The number of pyridine rings is 1. The highest BCUT2D eigenvalue weighted by Gasteiger charge is 2.30. The molecule has 1 aliphatic heterocycles. The Morgan fingerprint density at radius 1 is 1.15 bits per heavy atom. The van der Waals surface area contributed by atoms with Gasteiger partial charge in [-0.1, -0.05) is 19.0 Å². The summed E-state index contributed by atoms with van der Waals surface area (Å²) in [5, 5.41) is 2.88. The third-order valence-electron chi connectivity index (χ3n) is 5.21. The van der Waals surface area contributed by atoms with Crippen molar-refractivity contribution in [3.8, 4) is 11.3 Å². The van der Waals surface area contributed by atoms with Crippen molar-refractivity contribution in [3.05, 3.63) is 47.1 Å². The van der Waals surface area contributed by atoms with Gasteiger partial charge in [-0.15, -0.1) is 0 Å². The molecule has 10 heteroatoms. The standard InChI is InChI=1S/C23H27ClF2N4O3.CH4/c1-23(2,3)33-22(32)30-7-5-18(6-8-30)29(4)21(31)28-17-12-19(24)20(27-13-17)14-9-15(25)11-16(26)10-14;/h9-13,18H,5-8H2,1-4H3,(H,28,31);1H4. The Labute approximate surface area is 204 Å². The second-order valence-corrected chi connectivity index (χ2v) is 9.36. The van der Waals surface area contributed by atoms with Crippen LogP contribution in [0.3, 0.4) is 0 Å².